The fraction of sp³-hybridized carbons (Fsp3) is 0.647. The van der Waals surface area contributed by atoms with Gasteiger partial charge in [0.15, 0.2) is 0 Å². The number of ether oxygens (including phenoxy) is 1. The molecule has 0 aromatic heterocycles. The molecule has 2 atom stereocenters. The average Bonchev–Trinajstić information content (AvgIpc) is 2.49. The average molecular weight is 276 g/mol. The van der Waals surface area contributed by atoms with Gasteiger partial charge in [0.2, 0.25) is 0 Å². The lowest BCUT2D eigenvalue weighted by atomic mass is 9.83. The standard InChI is InChI=1S/C17H28N2O/c1-14(12-18-10-11-20-2)19-13-16-8-5-7-15-6-3-4-9-17(15)16/h3-4,6,9,14,16,18-19H,5,7-8,10-13H2,1-2H3. The minimum absolute atomic E-state index is 0.501. The van der Waals surface area contributed by atoms with Crippen molar-refractivity contribution in [2.24, 2.45) is 0 Å². The zero-order chi connectivity index (χ0) is 14.2. The number of fused-ring (bicyclic) bond motifs is 1. The van der Waals surface area contributed by atoms with Crippen molar-refractivity contribution in [2.75, 3.05) is 33.4 Å². The van der Waals surface area contributed by atoms with E-state index in [1.54, 1.807) is 18.2 Å². The lowest BCUT2D eigenvalue weighted by Gasteiger charge is -2.27. The van der Waals surface area contributed by atoms with Crippen molar-refractivity contribution in [3.05, 3.63) is 35.4 Å². The number of methoxy groups -OCH3 is 1. The van der Waals surface area contributed by atoms with Gasteiger partial charge in [-0.2, -0.15) is 0 Å². The molecule has 3 heteroatoms. The van der Waals surface area contributed by atoms with Crippen LogP contribution in [0.1, 0.15) is 36.8 Å². The van der Waals surface area contributed by atoms with E-state index < -0.39 is 0 Å². The summed E-state index contributed by atoms with van der Waals surface area (Å²) in [7, 11) is 1.74. The van der Waals surface area contributed by atoms with E-state index in [2.05, 4.69) is 41.8 Å². The molecule has 20 heavy (non-hydrogen) atoms. The molecule has 1 aliphatic carbocycles. The molecule has 0 amide bonds. The van der Waals surface area contributed by atoms with Crippen molar-refractivity contribution in [3.8, 4) is 0 Å². The summed E-state index contributed by atoms with van der Waals surface area (Å²) in [4.78, 5) is 0. The number of benzene rings is 1. The van der Waals surface area contributed by atoms with Crippen LogP contribution in [0.2, 0.25) is 0 Å². The van der Waals surface area contributed by atoms with E-state index in [4.69, 9.17) is 4.74 Å². The second-order valence-electron chi connectivity index (χ2n) is 5.79. The van der Waals surface area contributed by atoms with Crippen LogP contribution in [0.15, 0.2) is 24.3 Å². The lowest BCUT2D eigenvalue weighted by Crippen LogP contribution is -2.39. The predicted octanol–water partition coefficient (Wildman–Crippen LogP) is 2.32. The van der Waals surface area contributed by atoms with Crippen molar-refractivity contribution in [1.82, 2.24) is 10.6 Å². The van der Waals surface area contributed by atoms with Crippen molar-refractivity contribution in [1.29, 1.82) is 0 Å². The molecule has 0 saturated carbocycles. The summed E-state index contributed by atoms with van der Waals surface area (Å²) in [6, 6.07) is 9.43. The quantitative estimate of drug-likeness (QED) is 0.715. The van der Waals surface area contributed by atoms with Crippen LogP contribution in [-0.4, -0.2) is 39.4 Å². The molecule has 1 aromatic carbocycles. The molecule has 0 saturated heterocycles. The third-order valence-electron chi connectivity index (χ3n) is 4.14. The smallest absolute Gasteiger partial charge is 0.0587 e. The van der Waals surface area contributed by atoms with Crippen molar-refractivity contribution in [3.63, 3.8) is 0 Å². The first-order chi connectivity index (χ1) is 9.81. The van der Waals surface area contributed by atoms with Crippen LogP contribution in [0.5, 0.6) is 0 Å². The molecule has 0 bridgehead atoms. The monoisotopic (exact) mass is 276 g/mol. The highest BCUT2D eigenvalue weighted by Crippen LogP contribution is 2.30. The van der Waals surface area contributed by atoms with Crippen molar-refractivity contribution >= 4 is 0 Å². The summed E-state index contributed by atoms with van der Waals surface area (Å²) >= 11 is 0. The molecule has 0 aliphatic heterocycles. The Hall–Kier alpha value is -0.900. The summed E-state index contributed by atoms with van der Waals surface area (Å²) in [5.41, 5.74) is 3.11. The second kappa shape index (κ2) is 8.40. The van der Waals surface area contributed by atoms with Crippen LogP contribution >= 0.6 is 0 Å². The minimum Gasteiger partial charge on any atom is -0.383 e. The first kappa shape index (κ1) is 15.5. The Balaban J connectivity index is 1.74. The van der Waals surface area contributed by atoms with Crippen LogP contribution in [0, 0.1) is 0 Å². The Morgan fingerprint density at radius 1 is 1.35 bits per heavy atom. The van der Waals surface area contributed by atoms with Crippen LogP contribution in [0.3, 0.4) is 0 Å². The minimum atomic E-state index is 0.501. The van der Waals surface area contributed by atoms with E-state index in [1.807, 2.05) is 0 Å². The topological polar surface area (TPSA) is 33.3 Å². The van der Waals surface area contributed by atoms with Gasteiger partial charge in [-0.3, -0.25) is 0 Å². The number of aryl methyl sites for hydroxylation is 1. The van der Waals surface area contributed by atoms with Gasteiger partial charge in [0, 0.05) is 32.8 Å². The second-order valence-corrected chi connectivity index (χ2v) is 5.79. The van der Waals surface area contributed by atoms with E-state index in [0.29, 0.717) is 12.0 Å². The third kappa shape index (κ3) is 4.58. The first-order valence-electron chi connectivity index (χ1n) is 7.82. The molecule has 2 rings (SSSR count). The number of hydrogen-bond acceptors (Lipinski definition) is 3. The van der Waals surface area contributed by atoms with E-state index in [1.165, 1.54) is 19.3 Å². The molecule has 112 valence electrons. The molecule has 1 aromatic rings. The number of nitrogens with one attached hydrogen (secondary N) is 2. The van der Waals surface area contributed by atoms with Gasteiger partial charge >= 0.3 is 0 Å². The molecular formula is C17H28N2O. The molecule has 1 aliphatic rings. The van der Waals surface area contributed by atoms with Gasteiger partial charge in [-0.1, -0.05) is 24.3 Å². The summed E-state index contributed by atoms with van der Waals surface area (Å²) in [6.45, 7) is 6.04. The Morgan fingerprint density at radius 3 is 3.05 bits per heavy atom. The predicted molar refractivity (Wildman–Crippen MR) is 84.3 cm³/mol. The largest absolute Gasteiger partial charge is 0.383 e. The van der Waals surface area contributed by atoms with Gasteiger partial charge in [0.05, 0.1) is 6.61 Å². The van der Waals surface area contributed by atoms with Gasteiger partial charge in [0.1, 0.15) is 0 Å². The van der Waals surface area contributed by atoms with Crippen molar-refractivity contribution < 1.29 is 4.74 Å². The van der Waals surface area contributed by atoms with E-state index in [0.717, 1.165) is 26.2 Å². The zero-order valence-electron chi connectivity index (χ0n) is 12.8. The Labute approximate surface area is 123 Å². The van der Waals surface area contributed by atoms with Gasteiger partial charge < -0.3 is 15.4 Å². The molecule has 2 unspecified atom stereocenters. The summed E-state index contributed by atoms with van der Waals surface area (Å²) in [5.74, 6) is 0.682. The molecule has 2 N–H and O–H groups in total. The maximum absolute atomic E-state index is 5.03. The molecule has 0 fully saturated rings. The highest BCUT2D eigenvalue weighted by Gasteiger charge is 2.19. The van der Waals surface area contributed by atoms with E-state index >= 15 is 0 Å². The molecule has 3 nitrogen and oxygen atoms in total. The fourth-order valence-corrected chi connectivity index (χ4v) is 2.97. The lowest BCUT2D eigenvalue weighted by molar-refractivity contribution is 0.198. The normalized spacial score (nSPS) is 19.6. The van der Waals surface area contributed by atoms with Crippen molar-refractivity contribution in [2.45, 2.75) is 38.1 Å². The van der Waals surface area contributed by atoms with Gasteiger partial charge in [-0.15, -0.1) is 0 Å². The van der Waals surface area contributed by atoms with Gasteiger partial charge in [-0.05, 0) is 43.2 Å². The van der Waals surface area contributed by atoms with Gasteiger partial charge in [-0.25, -0.2) is 0 Å². The summed E-state index contributed by atoms with van der Waals surface area (Å²) in [5, 5.41) is 7.07. The Bertz CT molecular complexity index is 394. The fourth-order valence-electron chi connectivity index (χ4n) is 2.97. The number of hydrogen-bond donors (Lipinski definition) is 2. The molecule has 0 heterocycles. The summed E-state index contributed by atoms with van der Waals surface area (Å²) in [6.07, 6.45) is 3.89. The molecule has 0 spiro atoms. The maximum atomic E-state index is 5.03. The van der Waals surface area contributed by atoms with Crippen LogP contribution in [0.4, 0.5) is 0 Å². The van der Waals surface area contributed by atoms with Crippen LogP contribution in [-0.2, 0) is 11.2 Å². The number of rotatable bonds is 8. The highest BCUT2D eigenvalue weighted by atomic mass is 16.5. The zero-order valence-corrected chi connectivity index (χ0v) is 12.8. The first-order valence-corrected chi connectivity index (χ1v) is 7.82. The molecule has 0 radical (unpaired) electrons. The van der Waals surface area contributed by atoms with E-state index in [-0.39, 0.29) is 0 Å². The Kier molecular flexibility index (Phi) is 6.51. The summed E-state index contributed by atoms with van der Waals surface area (Å²) < 4.78 is 5.03. The van der Waals surface area contributed by atoms with E-state index in [9.17, 15) is 0 Å². The Morgan fingerprint density at radius 2 is 2.20 bits per heavy atom. The SMILES string of the molecule is COCCNCC(C)NCC1CCCc2ccccc21. The van der Waals surface area contributed by atoms with Gasteiger partial charge in [0.25, 0.3) is 0 Å². The van der Waals surface area contributed by atoms with Crippen LogP contribution < -0.4 is 10.6 Å². The maximum Gasteiger partial charge on any atom is 0.0587 e. The molecular weight excluding hydrogens is 248 g/mol. The third-order valence-corrected chi connectivity index (χ3v) is 4.14. The highest BCUT2D eigenvalue weighted by molar-refractivity contribution is 5.32. The van der Waals surface area contributed by atoms with Crippen LogP contribution in [0.25, 0.3) is 0 Å².